The lowest BCUT2D eigenvalue weighted by Gasteiger charge is -2.39. The van der Waals surface area contributed by atoms with E-state index in [2.05, 4.69) is 311 Å². The number of ether oxygens (including phenoxy) is 2. The monoisotopic (exact) mass is 1170 g/mol. The van der Waals surface area contributed by atoms with E-state index in [9.17, 15) is 0 Å². The van der Waals surface area contributed by atoms with Crippen LogP contribution in [0.4, 0.5) is 0 Å². The molecule has 4 aliphatic rings. The van der Waals surface area contributed by atoms with Gasteiger partial charge in [0.05, 0.1) is 10.8 Å². The Bertz CT molecular complexity index is 4960. The minimum Gasteiger partial charge on any atom is -0.457 e. The van der Waals surface area contributed by atoms with Crippen molar-refractivity contribution < 1.29 is 9.47 Å². The van der Waals surface area contributed by atoms with Gasteiger partial charge in [0.25, 0.3) is 0 Å². The fourth-order valence-corrected chi connectivity index (χ4v) is 15.5. The molecule has 2 heterocycles. The summed E-state index contributed by atoms with van der Waals surface area (Å²) in [6.07, 6.45) is 0. The van der Waals surface area contributed by atoms with Gasteiger partial charge in [0.15, 0.2) is 0 Å². The fraction of sp³-hybridized carbons (Fsp3) is 0.0256. The van der Waals surface area contributed by atoms with Crippen molar-refractivity contribution in [3.63, 3.8) is 0 Å². The van der Waals surface area contributed by atoms with Gasteiger partial charge in [-0.15, -0.1) is 0 Å². The van der Waals surface area contributed by atoms with E-state index in [4.69, 9.17) is 9.47 Å². The van der Waals surface area contributed by atoms with Gasteiger partial charge in [0, 0.05) is 31.2 Å². The Kier molecular flexibility index (Phi) is 10.5. The van der Waals surface area contributed by atoms with Gasteiger partial charge in [0.1, 0.15) is 23.0 Å². The lowest BCUT2D eigenvalue weighted by Crippen LogP contribution is -2.32. The van der Waals surface area contributed by atoms with E-state index in [1.165, 1.54) is 132 Å². The molecular formula is C78H46Br2O2. The number of benzene rings is 14. The van der Waals surface area contributed by atoms with E-state index in [0.29, 0.717) is 0 Å². The molecule has 0 bridgehead atoms. The van der Waals surface area contributed by atoms with Gasteiger partial charge in [0.2, 0.25) is 0 Å². The van der Waals surface area contributed by atoms with Gasteiger partial charge in [-0.25, -0.2) is 0 Å². The predicted octanol–water partition coefficient (Wildman–Crippen LogP) is 21.8. The maximum absolute atomic E-state index is 6.71. The molecule has 0 N–H and O–H groups in total. The molecule has 18 rings (SSSR count). The van der Waals surface area contributed by atoms with Crippen LogP contribution < -0.4 is 9.47 Å². The highest BCUT2D eigenvalue weighted by Crippen LogP contribution is 2.66. The minimum absolute atomic E-state index is 0.452. The number of hydrogen-bond acceptors (Lipinski definition) is 2. The van der Waals surface area contributed by atoms with Crippen LogP contribution in [0.1, 0.15) is 44.5 Å². The van der Waals surface area contributed by atoms with Gasteiger partial charge in [-0.3, -0.25) is 0 Å². The Labute approximate surface area is 491 Å². The molecule has 14 aromatic rings. The van der Waals surface area contributed by atoms with E-state index in [1.807, 2.05) is 0 Å². The van der Waals surface area contributed by atoms with Crippen LogP contribution in [0.15, 0.2) is 288 Å². The van der Waals surface area contributed by atoms with E-state index >= 15 is 0 Å². The van der Waals surface area contributed by atoms with Crippen molar-refractivity contribution in [1.82, 2.24) is 0 Å². The molecule has 0 saturated heterocycles. The summed E-state index contributed by atoms with van der Waals surface area (Å²) in [6, 6.07) is 101. The number of hydrogen-bond donors (Lipinski definition) is 0. The van der Waals surface area contributed by atoms with Crippen molar-refractivity contribution >= 4 is 74.9 Å². The summed E-state index contributed by atoms with van der Waals surface area (Å²) >= 11 is 7.66. The molecule has 4 heteroatoms. The topological polar surface area (TPSA) is 18.5 Å². The highest BCUT2D eigenvalue weighted by molar-refractivity contribution is 9.11. The third kappa shape index (κ3) is 6.68. The summed E-state index contributed by atoms with van der Waals surface area (Å²) in [5, 5.41) is 10.0. The van der Waals surface area contributed by atoms with Crippen LogP contribution in [0.3, 0.4) is 0 Å². The molecule has 0 saturated carbocycles. The standard InChI is InChI=1S/C49H30O.C29H16Br2O/c1-3-13-33-27-35(23-21-31(33)11-1)36-25-26-40-44(29-36)49(42-17-7-9-19-46(42)50-47-20-10-8-18-43(47)49)45-30-41(38-15-5-6-16-39(38)48(40)45)37-24-22-32-12-2-4-14-34(32)28-37;30-17-13-14-20-23(15-17)29(24-16-25(31)18-7-1-2-8-19(18)28(20)24)21-9-3-5-11-26(21)32-27-12-6-4-10-22(27)29/h1-30H;1-16H. The molecule has 0 unspecified atom stereocenters. The Balaban J connectivity index is 0.000000143. The second kappa shape index (κ2) is 18.1. The fourth-order valence-electron chi connectivity index (χ4n) is 14.6. The summed E-state index contributed by atoms with van der Waals surface area (Å²) in [5.41, 5.74) is 18.9. The number of para-hydroxylation sites is 4. The molecule has 384 valence electrons. The highest BCUT2D eigenvalue weighted by Gasteiger charge is 2.53. The van der Waals surface area contributed by atoms with E-state index in [-0.39, 0.29) is 0 Å². The van der Waals surface area contributed by atoms with Crippen LogP contribution in [0.25, 0.3) is 87.6 Å². The summed E-state index contributed by atoms with van der Waals surface area (Å²) < 4.78 is 15.3. The Morgan fingerprint density at radius 1 is 0.244 bits per heavy atom. The number of halogens is 2. The molecule has 0 radical (unpaired) electrons. The number of fused-ring (bicyclic) bond motifs is 24. The van der Waals surface area contributed by atoms with Crippen LogP contribution in [-0.4, -0.2) is 0 Å². The van der Waals surface area contributed by atoms with Crippen LogP contribution >= 0.6 is 31.9 Å². The lowest BCUT2D eigenvalue weighted by molar-refractivity contribution is 0.436. The zero-order valence-corrected chi connectivity index (χ0v) is 47.3. The maximum atomic E-state index is 6.71. The zero-order valence-electron chi connectivity index (χ0n) is 44.1. The second-order valence-corrected chi connectivity index (χ2v) is 23.8. The first-order valence-electron chi connectivity index (χ1n) is 27.9. The van der Waals surface area contributed by atoms with Gasteiger partial charge in [-0.05, 0) is 177 Å². The van der Waals surface area contributed by atoms with Gasteiger partial charge in [-0.1, -0.05) is 244 Å². The summed E-state index contributed by atoms with van der Waals surface area (Å²) in [5.74, 6) is 3.63. The van der Waals surface area contributed by atoms with Crippen molar-refractivity contribution in [2.75, 3.05) is 0 Å². The summed E-state index contributed by atoms with van der Waals surface area (Å²) in [7, 11) is 0. The number of rotatable bonds is 2. The van der Waals surface area contributed by atoms with E-state index in [1.54, 1.807) is 0 Å². The molecule has 0 fully saturated rings. The maximum Gasteiger partial charge on any atom is 0.132 e. The van der Waals surface area contributed by atoms with Crippen molar-refractivity contribution in [3.8, 4) is 67.5 Å². The summed E-state index contributed by atoms with van der Waals surface area (Å²) in [4.78, 5) is 0. The largest absolute Gasteiger partial charge is 0.457 e. The van der Waals surface area contributed by atoms with Crippen LogP contribution in [-0.2, 0) is 10.8 Å². The van der Waals surface area contributed by atoms with E-state index in [0.717, 1.165) is 31.9 Å². The molecule has 2 nitrogen and oxygen atoms in total. The van der Waals surface area contributed by atoms with Crippen molar-refractivity contribution in [3.05, 3.63) is 333 Å². The highest BCUT2D eigenvalue weighted by atomic mass is 79.9. The van der Waals surface area contributed by atoms with Gasteiger partial charge < -0.3 is 9.47 Å². The van der Waals surface area contributed by atoms with Crippen LogP contribution in [0.2, 0.25) is 0 Å². The SMILES string of the molecule is Brc1ccc2c(c1)C1(c3ccccc3Oc3ccccc31)c1cc(Br)c3ccccc3c1-2.c1ccc2c(c1)Oc1ccccc1C21c2cc(-c3ccc4ccccc4c3)ccc2-c2c1cc(-c1ccc3ccccc3c1)c1ccccc21. The first kappa shape index (κ1) is 47.5. The first-order chi connectivity index (χ1) is 40.5. The molecule has 2 aliphatic heterocycles. The second-order valence-electron chi connectivity index (χ2n) is 22.0. The normalized spacial score (nSPS) is 13.9. The zero-order chi connectivity index (χ0) is 54.3. The Morgan fingerprint density at radius 3 is 1.20 bits per heavy atom. The molecule has 0 atom stereocenters. The van der Waals surface area contributed by atoms with Crippen molar-refractivity contribution in [1.29, 1.82) is 0 Å². The third-order valence-corrected chi connectivity index (χ3v) is 19.1. The quantitative estimate of drug-likeness (QED) is 0.172. The average molecular weight is 1180 g/mol. The Morgan fingerprint density at radius 2 is 0.634 bits per heavy atom. The molecule has 14 aromatic carbocycles. The molecule has 0 amide bonds. The van der Waals surface area contributed by atoms with Crippen LogP contribution in [0.5, 0.6) is 23.0 Å². The van der Waals surface area contributed by atoms with Gasteiger partial charge >= 0.3 is 0 Å². The predicted molar refractivity (Wildman–Crippen MR) is 344 cm³/mol. The molecule has 82 heavy (non-hydrogen) atoms. The first-order valence-corrected chi connectivity index (χ1v) is 29.5. The molecule has 2 spiro atoms. The van der Waals surface area contributed by atoms with Gasteiger partial charge in [-0.2, -0.15) is 0 Å². The van der Waals surface area contributed by atoms with E-state index < -0.39 is 10.8 Å². The smallest absolute Gasteiger partial charge is 0.132 e. The molecule has 2 aliphatic carbocycles. The van der Waals surface area contributed by atoms with Crippen molar-refractivity contribution in [2.45, 2.75) is 10.8 Å². The molecule has 0 aromatic heterocycles. The molecular weight excluding hydrogens is 1130 g/mol. The Hall–Kier alpha value is -9.32. The minimum atomic E-state index is -0.585. The third-order valence-electron chi connectivity index (χ3n) is 17.9. The summed E-state index contributed by atoms with van der Waals surface area (Å²) in [6.45, 7) is 0. The van der Waals surface area contributed by atoms with Crippen LogP contribution in [0, 0.1) is 0 Å². The average Bonchev–Trinajstić information content (AvgIpc) is 2.10. The van der Waals surface area contributed by atoms with Crippen molar-refractivity contribution in [2.24, 2.45) is 0 Å². The lowest BCUT2D eigenvalue weighted by atomic mass is 9.65.